The van der Waals surface area contributed by atoms with Crippen LogP contribution in [0.4, 0.5) is 0 Å². The Morgan fingerprint density at radius 3 is 2.72 bits per heavy atom. The molecule has 5 nitrogen and oxygen atoms in total. The van der Waals surface area contributed by atoms with E-state index in [-0.39, 0.29) is 18.0 Å². The summed E-state index contributed by atoms with van der Waals surface area (Å²) in [6.07, 6.45) is 2.28. The highest BCUT2D eigenvalue weighted by molar-refractivity contribution is 5.82. The summed E-state index contributed by atoms with van der Waals surface area (Å²) in [4.78, 5) is 23.6. The van der Waals surface area contributed by atoms with Crippen molar-refractivity contribution in [2.75, 3.05) is 6.61 Å². The molecule has 0 N–H and O–H groups in total. The molecule has 0 radical (unpaired) electrons. The van der Waals surface area contributed by atoms with Gasteiger partial charge in [0.1, 0.15) is 6.61 Å². The van der Waals surface area contributed by atoms with Crippen LogP contribution >= 0.6 is 0 Å². The predicted molar refractivity (Wildman–Crippen MR) is 60.6 cm³/mol. The highest BCUT2D eigenvalue weighted by atomic mass is 16.6. The van der Waals surface area contributed by atoms with Gasteiger partial charge in [0.25, 0.3) is 0 Å². The van der Waals surface area contributed by atoms with Crippen molar-refractivity contribution in [3.05, 3.63) is 0 Å². The maximum absolute atomic E-state index is 12.1. The third-order valence-corrected chi connectivity index (χ3v) is 4.08. The molecule has 2 saturated heterocycles. The van der Waals surface area contributed by atoms with Gasteiger partial charge in [0.05, 0.1) is 18.1 Å². The molecule has 0 aromatic carbocycles. The summed E-state index contributed by atoms with van der Waals surface area (Å²) in [6, 6.07) is 0. The van der Waals surface area contributed by atoms with Gasteiger partial charge < -0.3 is 14.2 Å². The first-order chi connectivity index (χ1) is 8.47. The van der Waals surface area contributed by atoms with Gasteiger partial charge >= 0.3 is 11.9 Å². The molecule has 1 aliphatic carbocycles. The zero-order chi connectivity index (χ0) is 12.9. The van der Waals surface area contributed by atoms with Crippen LogP contribution in [0.25, 0.3) is 0 Å². The Morgan fingerprint density at radius 2 is 2.11 bits per heavy atom. The minimum absolute atomic E-state index is 0.127. The van der Waals surface area contributed by atoms with Gasteiger partial charge in [0, 0.05) is 5.41 Å². The van der Waals surface area contributed by atoms with Gasteiger partial charge in [-0.05, 0) is 19.3 Å². The van der Waals surface area contributed by atoms with E-state index in [0.29, 0.717) is 12.7 Å². The van der Waals surface area contributed by atoms with Crippen molar-refractivity contribution in [3.8, 4) is 0 Å². The zero-order valence-electron chi connectivity index (χ0n) is 10.7. The lowest BCUT2D eigenvalue weighted by Gasteiger charge is -2.24. The lowest BCUT2D eigenvalue weighted by atomic mass is 9.88. The Balaban J connectivity index is 1.61. The smallest absolute Gasteiger partial charge is 0.348 e. The highest BCUT2D eigenvalue weighted by Gasteiger charge is 2.50. The molecule has 0 amide bonds. The number of esters is 2. The number of rotatable bonds is 2. The molecule has 0 aromatic heterocycles. The van der Waals surface area contributed by atoms with Gasteiger partial charge in [-0.1, -0.05) is 13.8 Å². The number of ether oxygens (including phenoxy) is 3. The van der Waals surface area contributed by atoms with Crippen LogP contribution in [-0.2, 0) is 23.8 Å². The summed E-state index contributed by atoms with van der Waals surface area (Å²) in [7, 11) is 0. The Morgan fingerprint density at radius 1 is 1.33 bits per heavy atom. The van der Waals surface area contributed by atoms with Crippen LogP contribution in [0.5, 0.6) is 0 Å². The minimum Gasteiger partial charge on any atom is -0.462 e. The van der Waals surface area contributed by atoms with E-state index < -0.39 is 17.5 Å². The lowest BCUT2D eigenvalue weighted by Crippen LogP contribution is -2.37. The molecule has 3 aliphatic rings. The van der Waals surface area contributed by atoms with Crippen LogP contribution in [0.3, 0.4) is 0 Å². The van der Waals surface area contributed by atoms with Gasteiger partial charge in [0.15, 0.2) is 0 Å². The van der Waals surface area contributed by atoms with E-state index in [1.807, 2.05) is 13.8 Å². The van der Waals surface area contributed by atoms with E-state index in [1.54, 1.807) is 0 Å². The monoisotopic (exact) mass is 254 g/mol. The fourth-order valence-electron chi connectivity index (χ4n) is 2.77. The largest absolute Gasteiger partial charge is 0.462 e. The van der Waals surface area contributed by atoms with Crippen LogP contribution in [0.2, 0.25) is 0 Å². The molecule has 1 saturated carbocycles. The zero-order valence-corrected chi connectivity index (χ0v) is 10.7. The maximum atomic E-state index is 12.1. The molecule has 0 bridgehead atoms. The van der Waals surface area contributed by atoms with E-state index in [4.69, 9.17) is 14.2 Å². The standard InChI is InChI=1S/C13H18O5/c1-13(2)6-16-12(15)10(13)18-11(14)7-3-4-8-9(5-7)17-8/h7-10H,3-6H2,1-2H3/t7-,8+,9-,10-/m0/s1. The molecule has 5 heteroatoms. The summed E-state index contributed by atoms with van der Waals surface area (Å²) >= 11 is 0. The molecule has 2 aliphatic heterocycles. The number of carbonyl (C=O) groups is 2. The van der Waals surface area contributed by atoms with Crippen LogP contribution in [0.1, 0.15) is 33.1 Å². The first-order valence-electron chi connectivity index (χ1n) is 6.50. The minimum atomic E-state index is -0.761. The number of carbonyl (C=O) groups excluding carboxylic acids is 2. The summed E-state index contributed by atoms with van der Waals surface area (Å²) < 4.78 is 15.7. The maximum Gasteiger partial charge on any atom is 0.348 e. The van der Waals surface area contributed by atoms with Gasteiger partial charge in [-0.2, -0.15) is 0 Å². The van der Waals surface area contributed by atoms with Crippen molar-refractivity contribution in [1.29, 1.82) is 0 Å². The van der Waals surface area contributed by atoms with E-state index in [2.05, 4.69) is 0 Å². The molecule has 2 heterocycles. The summed E-state index contributed by atoms with van der Waals surface area (Å²) in [6.45, 7) is 4.05. The quantitative estimate of drug-likeness (QED) is 0.544. The van der Waals surface area contributed by atoms with Gasteiger partial charge in [-0.3, -0.25) is 4.79 Å². The molecule has 0 aromatic rings. The van der Waals surface area contributed by atoms with Crippen molar-refractivity contribution in [1.82, 2.24) is 0 Å². The Hall–Kier alpha value is -1.10. The van der Waals surface area contributed by atoms with E-state index in [9.17, 15) is 9.59 Å². The number of hydrogen-bond donors (Lipinski definition) is 0. The first kappa shape index (κ1) is 12.0. The molecule has 100 valence electrons. The predicted octanol–water partition coefficient (Wildman–Crippen LogP) is 1.05. The van der Waals surface area contributed by atoms with Crippen molar-refractivity contribution < 1.29 is 23.8 Å². The average Bonchev–Trinajstić information content (AvgIpc) is 3.05. The molecular weight excluding hydrogens is 236 g/mol. The molecule has 0 unspecified atom stereocenters. The van der Waals surface area contributed by atoms with Crippen molar-refractivity contribution in [3.63, 3.8) is 0 Å². The van der Waals surface area contributed by atoms with Gasteiger partial charge in [-0.15, -0.1) is 0 Å². The topological polar surface area (TPSA) is 65.1 Å². The second kappa shape index (κ2) is 3.95. The number of epoxide rings is 1. The third kappa shape index (κ3) is 2.00. The van der Waals surface area contributed by atoms with Crippen molar-refractivity contribution >= 4 is 11.9 Å². The Bertz CT molecular complexity index is 389. The molecule has 18 heavy (non-hydrogen) atoms. The fraction of sp³-hybridized carbons (Fsp3) is 0.846. The lowest BCUT2D eigenvalue weighted by molar-refractivity contribution is -0.167. The molecule has 3 rings (SSSR count). The molecule has 3 fully saturated rings. The van der Waals surface area contributed by atoms with Crippen LogP contribution in [0.15, 0.2) is 0 Å². The fourth-order valence-corrected chi connectivity index (χ4v) is 2.77. The number of cyclic esters (lactones) is 1. The molecular formula is C13H18O5. The number of hydrogen-bond acceptors (Lipinski definition) is 5. The van der Waals surface area contributed by atoms with Gasteiger partial charge in [0.2, 0.25) is 6.10 Å². The Kier molecular flexibility index (Phi) is 2.62. The SMILES string of the molecule is CC1(C)COC(=O)[C@@H]1OC(=O)[C@H]1CC[C@H]2O[C@H]2C1. The van der Waals surface area contributed by atoms with Gasteiger partial charge in [-0.25, -0.2) is 4.79 Å². The van der Waals surface area contributed by atoms with Crippen molar-refractivity contribution in [2.24, 2.45) is 11.3 Å². The third-order valence-electron chi connectivity index (χ3n) is 4.08. The highest BCUT2D eigenvalue weighted by Crippen LogP contribution is 2.40. The van der Waals surface area contributed by atoms with Crippen LogP contribution < -0.4 is 0 Å². The van der Waals surface area contributed by atoms with Crippen LogP contribution in [-0.4, -0.2) is 36.9 Å². The van der Waals surface area contributed by atoms with E-state index in [1.165, 1.54) is 0 Å². The van der Waals surface area contributed by atoms with Crippen molar-refractivity contribution in [2.45, 2.75) is 51.4 Å². The summed E-state index contributed by atoms with van der Waals surface area (Å²) in [5.74, 6) is -0.830. The summed E-state index contributed by atoms with van der Waals surface area (Å²) in [5, 5.41) is 0. The average molecular weight is 254 g/mol. The van der Waals surface area contributed by atoms with Crippen LogP contribution in [0, 0.1) is 11.3 Å². The molecule has 0 spiro atoms. The summed E-state index contributed by atoms with van der Waals surface area (Å²) in [5.41, 5.74) is -0.431. The first-order valence-corrected chi connectivity index (χ1v) is 6.50. The normalized spacial score (nSPS) is 40.9. The Labute approximate surface area is 106 Å². The molecule has 4 atom stereocenters. The van der Waals surface area contributed by atoms with E-state index >= 15 is 0 Å². The second-order valence-electron chi connectivity index (χ2n) is 6.14. The van der Waals surface area contributed by atoms with E-state index in [0.717, 1.165) is 19.3 Å². The number of fused-ring (bicyclic) bond motifs is 1. The second-order valence-corrected chi connectivity index (χ2v) is 6.14.